The van der Waals surface area contributed by atoms with E-state index >= 15 is 0 Å². The average Bonchev–Trinajstić information content (AvgIpc) is 2.58. The number of thioether (sulfide) groups is 1. The molecule has 0 unspecified atom stereocenters. The van der Waals surface area contributed by atoms with E-state index in [0.29, 0.717) is 29.3 Å². The quantitative estimate of drug-likeness (QED) is 0.807. The van der Waals surface area contributed by atoms with E-state index in [4.69, 9.17) is 0 Å². The summed E-state index contributed by atoms with van der Waals surface area (Å²) in [5.41, 5.74) is 2.25. The van der Waals surface area contributed by atoms with Crippen molar-refractivity contribution in [3.05, 3.63) is 65.5 Å². The molecule has 0 bridgehead atoms. The van der Waals surface area contributed by atoms with Gasteiger partial charge in [-0.3, -0.25) is 9.59 Å². The average molecular weight is 346 g/mol. The highest BCUT2D eigenvalue weighted by molar-refractivity contribution is 7.99. The molecule has 0 heterocycles. The first-order valence-electron chi connectivity index (χ1n) is 7.59. The lowest BCUT2D eigenvalue weighted by molar-refractivity contribution is -0.113. The van der Waals surface area contributed by atoms with Crippen molar-refractivity contribution in [2.75, 3.05) is 17.6 Å². The van der Waals surface area contributed by atoms with Gasteiger partial charge in [0.1, 0.15) is 5.82 Å². The Morgan fingerprint density at radius 3 is 2.33 bits per heavy atom. The van der Waals surface area contributed by atoms with Gasteiger partial charge in [-0.25, -0.2) is 4.39 Å². The monoisotopic (exact) mass is 346 g/mol. The Labute approximate surface area is 144 Å². The molecule has 2 aromatic carbocycles. The first kappa shape index (κ1) is 18.0. The molecule has 24 heavy (non-hydrogen) atoms. The number of carbonyl (C=O) groups excluding carboxylic acids is 2. The van der Waals surface area contributed by atoms with Gasteiger partial charge in [-0.15, -0.1) is 11.8 Å². The van der Waals surface area contributed by atoms with Crippen molar-refractivity contribution < 1.29 is 14.0 Å². The minimum atomic E-state index is -0.335. The van der Waals surface area contributed by atoms with Gasteiger partial charge in [0.2, 0.25) is 5.91 Å². The summed E-state index contributed by atoms with van der Waals surface area (Å²) in [6.45, 7) is 2.47. The first-order valence-corrected chi connectivity index (χ1v) is 8.74. The summed E-state index contributed by atoms with van der Waals surface area (Å²) < 4.78 is 12.8. The number of rotatable bonds is 7. The molecule has 4 nitrogen and oxygen atoms in total. The smallest absolute Gasteiger partial charge is 0.251 e. The molecule has 0 aliphatic rings. The predicted octanol–water partition coefficient (Wildman–Crippen LogP) is 3.45. The highest BCUT2D eigenvalue weighted by Crippen LogP contribution is 2.14. The zero-order valence-corrected chi connectivity index (χ0v) is 14.2. The van der Waals surface area contributed by atoms with Crippen LogP contribution < -0.4 is 10.6 Å². The number of carbonyl (C=O) groups is 2. The van der Waals surface area contributed by atoms with E-state index in [0.717, 1.165) is 5.56 Å². The van der Waals surface area contributed by atoms with Gasteiger partial charge in [-0.05, 0) is 48.9 Å². The fraction of sp³-hybridized carbons (Fsp3) is 0.222. The van der Waals surface area contributed by atoms with Crippen LogP contribution in [0.25, 0.3) is 0 Å². The molecule has 0 atom stereocenters. The molecule has 2 N–H and O–H groups in total. The third-order valence-electron chi connectivity index (χ3n) is 3.18. The van der Waals surface area contributed by atoms with Crippen molar-refractivity contribution >= 4 is 29.3 Å². The van der Waals surface area contributed by atoms with E-state index in [1.807, 2.05) is 19.1 Å². The Bertz CT molecular complexity index is 687. The van der Waals surface area contributed by atoms with Crippen molar-refractivity contribution in [3.63, 3.8) is 0 Å². The molecule has 2 rings (SSSR count). The first-order chi connectivity index (χ1) is 11.6. The molecule has 0 aliphatic carbocycles. The van der Waals surface area contributed by atoms with Crippen LogP contribution in [0.15, 0.2) is 48.5 Å². The second kappa shape index (κ2) is 9.08. The Kier molecular flexibility index (Phi) is 6.81. The van der Waals surface area contributed by atoms with Crippen molar-refractivity contribution in [3.8, 4) is 0 Å². The molecule has 126 valence electrons. The fourth-order valence-electron chi connectivity index (χ4n) is 2.01. The molecule has 0 fully saturated rings. The van der Waals surface area contributed by atoms with E-state index in [2.05, 4.69) is 10.6 Å². The largest absolute Gasteiger partial charge is 0.352 e. The predicted molar refractivity (Wildman–Crippen MR) is 95.6 cm³/mol. The van der Waals surface area contributed by atoms with Gasteiger partial charge in [-0.2, -0.15) is 0 Å². The van der Waals surface area contributed by atoms with Crippen molar-refractivity contribution in [2.24, 2.45) is 0 Å². The van der Waals surface area contributed by atoms with E-state index < -0.39 is 0 Å². The minimum Gasteiger partial charge on any atom is -0.352 e. The number of amides is 2. The van der Waals surface area contributed by atoms with Crippen LogP contribution in [-0.2, 0) is 10.5 Å². The Morgan fingerprint density at radius 2 is 1.71 bits per heavy atom. The molecule has 0 radical (unpaired) electrons. The van der Waals surface area contributed by atoms with Crippen LogP contribution in [0.3, 0.4) is 0 Å². The number of halogens is 1. The molecule has 0 saturated heterocycles. The second-order valence-electron chi connectivity index (χ2n) is 5.10. The summed E-state index contributed by atoms with van der Waals surface area (Å²) in [6, 6.07) is 13.0. The number of hydrogen-bond donors (Lipinski definition) is 2. The van der Waals surface area contributed by atoms with E-state index in [-0.39, 0.29) is 17.6 Å². The summed E-state index contributed by atoms with van der Waals surface area (Å²) in [5, 5.41) is 5.46. The second-order valence-corrected chi connectivity index (χ2v) is 6.09. The lowest BCUT2D eigenvalue weighted by atomic mass is 10.1. The molecule has 0 saturated carbocycles. The van der Waals surface area contributed by atoms with E-state index in [9.17, 15) is 14.0 Å². The van der Waals surface area contributed by atoms with Crippen LogP contribution in [0.2, 0.25) is 0 Å². The third kappa shape index (κ3) is 5.70. The van der Waals surface area contributed by atoms with Crippen LogP contribution in [0.5, 0.6) is 0 Å². The SMILES string of the molecule is CCNC(=O)c1ccc(CSCC(=O)Nc2ccc(F)cc2)cc1. The Morgan fingerprint density at radius 1 is 1.04 bits per heavy atom. The molecule has 2 aromatic rings. The van der Waals surface area contributed by atoms with Gasteiger partial charge in [-0.1, -0.05) is 12.1 Å². The standard InChI is InChI=1S/C18H19FN2O2S/c1-2-20-18(23)14-5-3-13(4-6-14)11-24-12-17(22)21-16-9-7-15(19)8-10-16/h3-10H,2,11-12H2,1H3,(H,20,23)(H,21,22). The van der Waals surface area contributed by atoms with Gasteiger partial charge in [0.15, 0.2) is 0 Å². The summed E-state index contributed by atoms with van der Waals surface area (Å²) in [7, 11) is 0. The van der Waals surface area contributed by atoms with Gasteiger partial charge in [0.05, 0.1) is 5.75 Å². The molecule has 6 heteroatoms. The van der Waals surface area contributed by atoms with Crippen LogP contribution in [0.4, 0.5) is 10.1 Å². The maximum Gasteiger partial charge on any atom is 0.251 e. The topological polar surface area (TPSA) is 58.2 Å². The summed E-state index contributed by atoms with van der Waals surface area (Å²) in [4.78, 5) is 23.5. The zero-order valence-electron chi connectivity index (χ0n) is 13.3. The number of nitrogens with one attached hydrogen (secondary N) is 2. The third-order valence-corrected chi connectivity index (χ3v) is 4.19. The molecule has 2 amide bonds. The van der Waals surface area contributed by atoms with Crippen molar-refractivity contribution in [1.29, 1.82) is 0 Å². The van der Waals surface area contributed by atoms with Crippen LogP contribution in [-0.4, -0.2) is 24.1 Å². The molecule has 0 aromatic heterocycles. The molecular formula is C18H19FN2O2S. The molecular weight excluding hydrogens is 327 g/mol. The van der Waals surface area contributed by atoms with Crippen LogP contribution in [0.1, 0.15) is 22.8 Å². The van der Waals surface area contributed by atoms with Gasteiger partial charge < -0.3 is 10.6 Å². The molecule has 0 aliphatic heterocycles. The zero-order chi connectivity index (χ0) is 17.4. The van der Waals surface area contributed by atoms with E-state index in [1.165, 1.54) is 36.0 Å². The number of benzene rings is 2. The summed E-state index contributed by atoms with van der Waals surface area (Å²) in [5.74, 6) is 0.418. The fourth-order valence-corrected chi connectivity index (χ4v) is 2.79. The van der Waals surface area contributed by atoms with E-state index in [1.54, 1.807) is 12.1 Å². The lowest BCUT2D eigenvalue weighted by Gasteiger charge is -2.06. The summed E-state index contributed by atoms with van der Waals surface area (Å²) >= 11 is 1.47. The normalized spacial score (nSPS) is 10.2. The van der Waals surface area contributed by atoms with Crippen molar-refractivity contribution in [2.45, 2.75) is 12.7 Å². The van der Waals surface area contributed by atoms with Crippen molar-refractivity contribution in [1.82, 2.24) is 5.32 Å². The Balaban J connectivity index is 1.76. The van der Waals surface area contributed by atoms with Crippen LogP contribution >= 0.6 is 11.8 Å². The maximum atomic E-state index is 12.8. The maximum absolute atomic E-state index is 12.8. The van der Waals surface area contributed by atoms with Gasteiger partial charge >= 0.3 is 0 Å². The number of anilines is 1. The van der Waals surface area contributed by atoms with Crippen LogP contribution in [0, 0.1) is 5.82 Å². The highest BCUT2D eigenvalue weighted by Gasteiger charge is 2.05. The Hall–Kier alpha value is -2.34. The van der Waals surface area contributed by atoms with Gasteiger partial charge in [0, 0.05) is 23.5 Å². The number of hydrogen-bond acceptors (Lipinski definition) is 3. The molecule has 0 spiro atoms. The minimum absolute atomic E-state index is 0.0876. The lowest BCUT2D eigenvalue weighted by Crippen LogP contribution is -2.22. The summed E-state index contributed by atoms with van der Waals surface area (Å²) in [6.07, 6.45) is 0. The highest BCUT2D eigenvalue weighted by atomic mass is 32.2. The van der Waals surface area contributed by atoms with Gasteiger partial charge in [0.25, 0.3) is 5.91 Å².